The van der Waals surface area contributed by atoms with Gasteiger partial charge in [0.25, 0.3) is 0 Å². The first-order valence-electron chi connectivity index (χ1n) is 4.65. The van der Waals surface area contributed by atoms with Crippen molar-refractivity contribution in [1.82, 2.24) is 15.1 Å². The Balaban J connectivity index is 2.27. The van der Waals surface area contributed by atoms with Crippen LogP contribution in [0.4, 0.5) is 0 Å². The molecule has 4 nitrogen and oxygen atoms in total. The average Bonchev–Trinajstić information content (AvgIpc) is 2.65. The summed E-state index contributed by atoms with van der Waals surface area (Å²) in [7, 11) is 1.71. The van der Waals surface area contributed by atoms with Gasteiger partial charge in [0.05, 0.1) is 12.3 Å². The molecule has 0 bridgehead atoms. The molecule has 0 spiro atoms. The third-order valence-corrected chi connectivity index (χ3v) is 2.01. The second kappa shape index (κ2) is 5.57. The van der Waals surface area contributed by atoms with Crippen molar-refractivity contribution in [2.45, 2.75) is 19.6 Å². The lowest BCUT2D eigenvalue weighted by Crippen LogP contribution is -2.25. The number of aromatic nitrogens is 2. The quantitative estimate of drug-likeness (QED) is 0.739. The molecule has 0 radical (unpaired) electrons. The smallest absolute Gasteiger partial charge is 0.0667 e. The SMILES string of the molecule is C=Cn1cc(CNCC(C)OC)cn1. The standard InChI is InChI=1S/C10H17N3O/c1-4-13-8-10(7-12-13)6-11-5-9(2)14-3/h4,7-9,11H,1,5-6H2,2-3H3. The van der Waals surface area contributed by atoms with Gasteiger partial charge >= 0.3 is 0 Å². The van der Waals surface area contributed by atoms with Crippen LogP contribution in [-0.4, -0.2) is 29.5 Å². The first-order valence-corrected chi connectivity index (χ1v) is 4.65. The van der Waals surface area contributed by atoms with Crippen molar-refractivity contribution >= 4 is 6.20 Å². The van der Waals surface area contributed by atoms with Crippen molar-refractivity contribution in [3.05, 3.63) is 24.5 Å². The molecule has 4 heteroatoms. The van der Waals surface area contributed by atoms with Crippen molar-refractivity contribution in [3.8, 4) is 0 Å². The van der Waals surface area contributed by atoms with Crippen LogP contribution in [0, 0.1) is 0 Å². The first kappa shape index (κ1) is 10.9. The van der Waals surface area contributed by atoms with E-state index in [0.29, 0.717) is 0 Å². The number of rotatable bonds is 6. The maximum absolute atomic E-state index is 5.11. The molecule has 1 aromatic heterocycles. The zero-order valence-electron chi connectivity index (χ0n) is 8.73. The summed E-state index contributed by atoms with van der Waals surface area (Å²) in [4.78, 5) is 0. The van der Waals surface area contributed by atoms with Gasteiger partial charge in [0, 0.05) is 38.2 Å². The summed E-state index contributed by atoms with van der Waals surface area (Å²) in [6.45, 7) is 7.30. The molecule has 0 aliphatic carbocycles. The topological polar surface area (TPSA) is 39.1 Å². The van der Waals surface area contributed by atoms with E-state index in [1.165, 1.54) is 0 Å². The lowest BCUT2D eigenvalue weighted by Gasteiger charge is -2.09. The fraction of sp³-hybridized carbons (Fsp3) is 0.500. The van der Waals surface area contributed by atoms with E-state index < -0.39 is 0 Å². The molecule has 0 aromatic carbocycles. The van der Waals surface area contributed by atoms with Gasteiger partial charge in [-0.15, -0.1) is 0 Å². The van der Waals surface area contributed by atoms with Gasteiger partial charge in [-0.3, -0.25) is 0 Å². The van der Waals surface area contributed by atoms with Crippen LogP contribution in [-0.2, 0) is 11.3 Å². The molecule has 0 amide bonds. The number of methoxy groups -OCH3 is 1. The monoisotopic (exact) mass is 195 g/mol. The minimum absolute atomic E-state index is 0.240. The third kappa shape index (κ3) is 3.32. The average molecular weight is 195 g/mol. The predicted octanol–water partition coefficient (Wildman–Crippen LogP) is 1.11. The number of nitrogens with zero attached hydrogens (tertiary/aromatic N) is 2. The number of hydrogen-bond donors (Lipinski definition) is 1. The third-order valence-electron chi connectivity index (χ3n) is 2.01. The van der Waals surface area contributed by atoms with Crippen LogP contribution in [0.1, 0.15) is 12.5 Å². The van der Waals surface area contributed by atoms with Gasteiger partial charge in [-0.25, -0.2) is 4.68 Å². The Kier molecular flexibility index (Phi) is 4.35. The minimum Gasteiger partial charge on any atom is -0.380 e. The molecule has 1 rings (SSSR count). The van der Waals surface area contributed by atoms with Crippen LogP contribution >= 0.6 is 0 Å². The largest absolute Gasteiger partial charge is 0.380 e. The summed E-state index contributed by atoms with van der Waals surface area (Å²) in [5.74, 6) is 0. The van der Waals surface area contributed by atoms with E-state index in [1.54, 1.807) is 18.0 Å². The normalized spacial score (nSPS) is 12.7. The maximum atomic E-state index is 5.11. The Morgan fingerprint density at radius 3 is 3.14 bits per heavy atom. The summed E-state index contributed by atoms with van der Waals surface area (Å²) in [6.07, 6.45) is 5.68. The highest BCUT2D eigenvalue weighted by Gasteiger charge is 1.99. The van der Waals surface area contributed by atoms with Crippen molar-refractivity contribution in [2.24, 2.45) is 0 Å². The lowest BCUT2D eigenvalue weighted by atomic mass is 10.3. The van der Waals surface area contributed by atoms with Gasteiger partial charge in [0.1, 0.15) is 0 Å². The molecule has 14 heavy (non-hydrogen) atoms. The van der Waals surface area contributed by atoms with E-state index in [9.17, 15) is 0 Å². The highest BCUT2D eigenvalue weighted by molar-refractivity contribution is 5.17. The summed E-state index contributed by atoms with van der Waals surface area (Å²) in [5, 5.41) is 7.36. The van der Waals surface area contributed by atoms with Crippen LogP contribution in [0.2, 0.25) is 0 Å². The Bertz CT molecular complexity index is 283. The van der Waals surface area contributed by atoms with Crippen LogP contribution in [0.3, 0.4) is 0 Å². The fourth-order valence-electron chi connectivity index (χ4n) is 1.07. The van der Waals surface area contributed by atoms with Gasteiger partial charge in [0.2, 0.25) is 0 Å². The zero-order chi connectivity index (χ0) is 10.4. The fourth-order valence-corrected chi connectivity index (χ4v) is 1.07. The van der Waals surface area contributed by atoms with Gasteiger partial charge in [-0.05, 0) is 6.92 Å². The molecular weight excluding hydrogens is 178 g/mol. The maximum Gasteiger partial charge on any atom is 0.0667 e. The molecule has 0 saturated carbocycles. The molecule has 0 fully saturated rings. The van der Waals surface area contributed by atoms with E-state index in [0.717, 1.165) is 18.7 Å². The summed E-state index contributed by atoms with van der Waals surface area (Å²) in [6, 6.07) is 0. The van der Waals surface area contributed by atoms with Gasteiger partial charge in [-0.1, -0.05) is 6.58 Å². The van der Waals surface area contributed by atoms with E-state index >= 15 is 0 Å². The zero-order valence-corrected chi connectivity index (χ0v) is 8.73. The summed E-state index contributed by atoms with van der Waals surface area (Å²) < 4.78 is 6.81. The lowest BCUT2D eigenvalue weighted by molar-refractivity contribution is 0.117. The van der Waals surface area contributed by atoms with Crippen LogP contribution < -0.4 is 5.32 Å². The second-order valence-electron chi connectivity index (χ2n) is 3.19. The molecule has 0 aliphatic rings. The first-order chi connectivity index (χ1) is 6.76. The van der Waals surface area contributed by atoms with Crippen molar-refractivity contribution < 1.29 is 4.74 Å². The Morgan fingerprint density at radius 1 is 1.79 bits per heavy atom. The van der Waals surface area contributed by atoms with E-state index in [4.69, 9.17) is 4.74 Å². The second-order valence-corrected chi connectivity index (χ2v) is 3.19. The van der Waals surface area contributed by atoms with E-state index in [-0.39, 0.29) is 6.10 Å². The molecule has 0 saturated heterocycles. The van der Waals surface area contributed by atoms with Gasteiger partial charge in [0.15, 0.2) is 0 Å². The van der Waals surface area contributed by atoms with Gasteiger partial charge in [-0.2, -0.15) is 5.10 Å². The van der Waals surface area contributed by atoms with E-state index in [2.05, 4.69) is 17.0 Å². The molecular formula is C10H17N3O. The number of nitrogens with one attached hydrogen (secondary N) is 1. The molecule has 1 atom stereocenters. The van der Waals surface area contributed by atoms with Crippen LogP contribution in [0.15, 0.2) is 19.0 Å². The molecule has 78 valence electrons. The Morgan fingerprint density at radius 2 is 2.57 bits per heavy atom. The predicted molar refractivity (Wildman–Crippen MR) is 56.8 cm³/mol. The van der Waals surface area contributed by atoms with Crippen molar-refractivity contribution in [3.63, 3.8) is 0 Å². The number of hydrogen-bond acceptors (Lipinski definition) is 3. The van der Waals surface area contributed by atoms with Gasteiger partial charge < -0.3 is 10.1 Å². The van der Waals surface area contributed by atoms with Crippen LogP contribution in [0.5, 0.6) is 0 Å². The van der Waals surface area contributed by atoms with Crippen molar-refractivity contribution in [2.75, 3.05) is 13.7 Å². The van der Waals surface area contributed by atoms with E-state index in [1.807, 2.05) is 19.3 Å². The molecule has 0 aliphatic heterocycles. The minimum atomic E-state index is 0.240. The molecule has 1 unspecified atom stereocenters. The molecule has 1 heterocycles. The highest BCUT2D eigenvalue weighted by Crippen LogP contribution is 1.97. The Labute approximate surface area is 84.6 Å². The summed E-state index contributed by atoms with van der Waals surface area (Å²) in [5.41, 5.74) is 1.15. The Hall–Kier alpha value is -1.13. The number of ether oxygens (including phenoxy) is 1. The highest BCUT2D eigenvalue weighted by atomic mass is 16.5. The molecule has 1 aromatic rings. The van der Waals surface area contributed by atoms with Crippen molar-refractivity contribution in [1.29, 1.82) is 0 Å². The molecule has 1 N–H and O–H groups in total. The summed E-state index contributed by atoms with van der Waals surface area (Å²) >= 11 is 0. The van der Waals surface area contributed by atoms with Crippen LogP contribution in [0.25, 0.3) is 6.20 Å².